The van der Waals surface area contributed by atoms with Gasteiger partial charge in [-0.2, -0.15) is 0 Å². The first-order chi connectivity index (χ1) is 8.19. The Labute approximate surface area is 109 Å². The molecule has 1 rings (SSSR count). The van der Waals surface area contributed by atoms with E-state index in [1.54, 1.807) is 13.3 Å². The minimum atomic E-state index is 0.156. The van der Waals surface area contributed by atoms with E-state index in [4.69, 9.17) is 16.3 Å². The average Bonchev–Trinajstić information content (AvgIpc) is 2.41. The molecule has 0 saturated carbocycles. The third kappa shape index (κ3) is 3.77. The molecule has 4 heteroatoms. The van der Waals surface area contributed by atoms with Crippen LogP contribution < -0.4 is 10.1 Å². The third-order valence-electron chi connectivity index (χ3n) is 3.40. The minimum Gasteiger partial charge on any atom is -0.495 e. The highest BCUT2D eigenvalue weighted by Crippen LogP contribution is 2.28. The SMILES string of the molecule is CCC(CC)(CCl)CNc1ccc(OC)cn1. The first kappa shape index (κ1) is 14.1. The maximum atomic E-state index is 6.06. The van der Waals surface area contributed by atoms with Crippen LogP contribution in [0.15, 0.2) is 18.3 Å². The summed E-state index contributed by atoms with van der Waals surface area (Å²) in [5, 5.41) is 3.34. The van der Waals surface area contributed by atoms with E-state index < -0.39 is 0 Å². The van der Waals surface area contributed by atoms with Crippen LogP contribution in [0, 0.1) is 5.41 Å². The van der Waals surface area contributed by atoms with E-state index in [0.717, 1.165) is 31.0 Å². The number of aromatic nitrogens is 1. The Hall–Kier alpha value is -0.960. The minimum absolute atomic E-state index is 0.156. The summed E-state index contributed by atoms with van der Waals surface area (Å²) in [4.78, 5) is 4.28. The molecule has 1 heterocycles. The van der Waals surface area contributed by atoms with Crippen LogP contribution in [0.3, 0.4) is 0 Å². The molecular formula is C13H21ClN2O. The molecule has 1 aromatic heterocycles. The second-order valence-corrected chi connectivity index (χ2v) is 4.54. The van der Waals surface area contributed by atoms with E-state index in [1.165, 1.54) is 0 Å². The molecule has 0 aliphatic heterocycles. The number of hydrogen-bond acceptors (Lipinski definition) is 3. The summed E-state index contributed by atoms with van der Waals surface area (Å²) in [5.41, 5.74) is 0.156. The average molecular weight is 257 g/mol. The molecule has 0 radical (unpaired) electrons. The number of halogens is 1. The number of ether oxygens (including phenoxy) is 1. The van der Waals surface area contributed by atoms with Gasteiger partial charge in [0.2, 0.25) is 0 Å². The van der Waals surface area contributed by atoms with Gasteiger partial charge in [0.25, 0.3) is 0 Å². The highest BCUT2D eigenvalue weighted by molar-refractivity contribution is 6.18. The fourth-order valence-corrected chi connectivity index (χ4v) is 2.09. The fourth-order valence-electron chi connectivity index (χ4n) is 1.62. The molecule has 0 aromatic carbocycles. The summed E-state index contributed by atoms with van der Waals surface area (Å²) < 4.78 is 5.07. The van der Waals surface area contributed by atoms with Gasteiger partial charge in [-0.1, -0.05) is 13.8 Å². The van der Waals surface area contributed by atoms with Gasteiger partial charge in [-0.15, -0.1) is 11.6 Å². The molecule has 1 aromatic rings. The molecule has 0 saturated heterocycles. The Kier molecular flexibility index (Phi) is 5.56. The highest BCUT2D eigenvalue weighted by atomic mass is 35.5. The number of rotatable bonds is 7. The molecule has 0 fully saturated rings. The fraction of sp³-hybridized carbons (Fsp3) is 0.615. The van der Waals surface area contributed by atoms with Crippen molar-refractivity contribution >= 4 is 17.4 Å². The van der Waals surface area contributed by atoms with Crippen LogP contribution in [0.4, 0.5) is 5.82 Å². The summed E-state index contributed by atoms with van der Waals surface area (Å²) >= 11 is 6.06. The predicted octanol–water partition coefficient (Wildman–Crippen LogP) is 3.55. The molecule has 1 N–H and O–H groups in total. The molecule has 0 spiro atoms. The lowest BCUT2D eigenvalue weighted by atomic mass is 9.84. The van der Waals surface area contributed by atoms with Gasteiger partial charge in [0, 0.05) is 17.8 Å². The zero-order valence-electron chi connectivity index (χ0n) is 10.8. The van der Waals surface area contributed by atoms with Crippen molar-refractivity contribution in [2.45, 2.75) is 26.7 Å². The van der Waals surface area contributed by atoms with Crippen molar-refractivity contribution in [1.29, 1.82) is 0 Å². The number of pyridine rings is 1. The maximum Gasteiger partial charge on any atom is 0.137 e. The van der Waals surface area contributed by atoms with Crippen LogP contribution in [-0.4, -0.2) is 24.5 Å². The quantitative estimate of drug-likeness (QED) is 0.758. The maximum absolute atomic E-state index is 6.06. The van der Waals surface area contributed by atoms with Crippen LogP contribution in [0.25, 0.3) is 0 Å². The number of alkyl halides is 1. The van der Waals surface area contributed by atoms with Crippen molar-refractivity contribution in [1.82, 2.24) is 4.98 Å². The molecule has 3 nitrogen and oxygen atoms in total. The van der Waals surface area contributed by atoms with Gasteiger partial charge in [-0.3, -0.25) is 0 Å². The second kappa shape index (κ2) is 6.70. The van der Waals surface area contributed by atoms with Gasteiger partial charge >= 0.3 is 0 Å². The summed E-state index contributed by atoms with van der Waals surface area (Å²) in [6.45, 7) is 5.20. The van der Waals surface area contributed by atoms with Gasteiger partial charge in [-0.05, 0) is 25.0 Å². The normalized spacial score (nSPS) is 11.3. The van der Waals surface area contributed by atoms with E-state index in [0.29, 0.717) is 5.88 Å². The van der Waals surface area contributed by atoms with E-state index >= 15 is 0 Å². The van der Waals surface area contributed by atoms with Crippen LogP contribution in [0.1, 0.15) is 26.7 Å². The van der Waals surface area contributed by atoms with Crippen molar-refractivity contribution in [2.75, 3.05) is 24.9 Å². The van der Waals surface area contributed by atoms with Crippen molar-refractivity contribution < 1.29 is 4.74 Å². The number of hydrogen-bond donors (Lipinski definition) is 1. The monoisotopic (exact) mass is 256 g/mol. The van der Waals surface area contributed by atoms with Gasteiger partial charge in [0.15, 0.2) is 0 Å². The summed E-state index contributed by atoms with van der Waals surface area (Å²) in [6, 6.07) is 3.82. The van der Waals surface area contributed by atoms with Crippen molar-refractivity contribution in [2.24, 2.45) is 5.41 Å². The summed E-state index contributed by atoms with van der Waals surface area (Å²) in [6.07, 6.45) is 3.84. The van der Waals surface area contributed by atoms with E-state index in [1.807, 2.05) is 12.1 Å². The highest BCUT2D eigenvalue weighted by Gasteiger charge is 2.24. The molecule has 0 aliphatic rings. The molecule has 0 bridgehead atoms. The molecule has 96 valence electrons. The van der Waals surface area contributed by atoms with Crippen molar-refractivity contribution in [3.8, 4) is 5.75 Å². The Bertz CT molecular complexity index is 314. The summed E-state index contributed by atoms with van der Waals surface area (Å²) in [5.74, 6) is 2.30. The van der Waals surface area contributed by atoms with Crippen LogP contribution in [-0.2, 0) is 0 Å². The van der Waals surface area contributed by atoms with Crippen LogP contribution in [0.2, 0.25) is 0 Å². The Morgan fingerprint density at radius 1 is 1.35 bits per heavy atom. The number of methoxy groups -OCH3 is 1. The van der Waals surface area contributed by atoms with Gasteiger partial charge in [-0.25, -0.2) is 4.98 Å². The van der Waals surface area contributed by atoms with Gasteiger partial charge < -0.3 is 10.1 Å². The number of anilines is 1. The Balaban J connectivity index is 2.59. The van der Waals surface area contributed by atoms with Gasteiger partial charge in [0.05, 0.1) is 13.3 Å². The lowest BCUT2D eigenvalue weighted by molar-refractivity contribution is 0.326. The predicted molar refractivity (Wildman–Crippen MR) is 73.0 cm³/mol. The molecule has 0 unspecified atom stereocenters. The Morgan fingerprint density at radius 2 is 2.06 bits per heavy atom. The molecule has 0 atom stereocenters. The molecule has 0 amide bonds. The zero-order valence-corrected chi connectivity index (χ0v) is 11.5. The molecule has 17 heavy (non-hydrogen) atoms. The lowest BCUT2D eigenvalue weighted by Gasteiger charge is -2.29. The van der Waals surface area contributed by atoms with Crippen LogP contribution >= 0.6 is 11.6 Å². The Morgan fingerprint density at radius 3 is 2.47 bits per heavy atom. The number of nitrogens with zero attached hydrogens (tertiary/aromatic N) is 1. The lowest BCUT2D eigenvalue weighted by Crippen LogP contribution is -2.30. The zero-order chi connectivity index (χ0) is 12.7. The third-order valence-corrected chi connectivity index (χ3v) is 3.97. The van der Waals surface area contributed by atoms with Gasteiger partial charge in [0.1, 0.15) is 11.6 Å². The smallest absolute Gasteiger partial charge is 0.137 e. The second-order valence-electron chi connectivity index (χ2n) is 4.28. The first-order valence-corrected chi connectivity index (χ1v) is 6.53. The molecule has 0 aliphatic carbocycles. The van der Waals surface area contributed by atoms with E-state index in [9.17, 15) is 0 Å². The van der Waals surface area contributed by atoms with E-state index in [2.05, 4.69) is 24.1 Å². The van der Waals surface area contributed by atoms with E-state index in [-0.39, 0.29) is 5.41 Å². The first-order valence-electron chi connectivity index (χ1n) is 5.99. The standard InChI is InChI=1S/C13H21ClN2O/c1-4-13(5-2,9-14)10-16-12-7-6-11(17-3)8-15-12/h6-8H,4-5,9-10H2,1-3H3,(H,15,16). The topological polar surface area (TPSA) is 34.1 Å². The molecular weight excluding hydrogens is 236 g/mol. The van der Waals surface area contributed by atoms with Crippen molar-refractivity contribution in [3.63, 3.8) is 0 Å². The number of nitrogens with one attached hydrogen (secondary N) is 1. The summed E-state index contributed by atoms with van der Waals surface area (Å²) in [7, 11) is 1.64. The largest absolute Gasteiger partial charge is 0.495 e. The van der Waals surface area contributed by atoms with Crippen molar-refractivity contribution in [3.05, 3.63) is 18.3 Å². The van der Waals surface area contributed by atoms with Crippen LogP contribution in [0.5, 0.6) is 5.75 Å².